The van der Waals surface area contributed by atoms with E-state index in [0.717, 1.165) is 45.0 Å². The number of hydrogen-bond donors (Lipinski definition) is 1. The van der Waals surface area contributed by atoms with Gasteiger partial charge < -0.3 is 10.1 Å². The molecule has 162 valence electrons. The SMILES string of the molecule is COc1ccc(Nc2c(Cc3ccccc3Cl)c(C)c(C#N)c3nc4ccccc4n23)cc1. The first kappa shape index (κ1) is 20.9. The molecule has 0 aliphatic heterocycles. The molecule has 5 aromatic rings. The molecule has 3 aromatic carbocycles. The van der Waals surface area contributed by atoms with E-state index in [1.165, 1.54) is 0 Å². The van der Waals surface area contributed by atoms with E-state index in [1.807, 2.05) is 84.1 Å². The largest absolute Gasteiger partial charge is 0.497 e. The molecule has 0 radical (unpaired) electrons. The van der Waals surface area contributed by atoms with E-state index in [4.69, 9.17) is 21.3 Å². The molecule has 33 heavy (non-hydrogen) atoms. The van der Waals surface area contributed by atoms with Crippen LogP contribution in [-0.2, 0) is 6.42 Å². The third-order valence-corrected chi connectivity index (χ3v) is 6.28. The first-order chi connectivity index (χ1) is 16.1. The first-order valence-corrected chi connectivity index (χ1v) is 11.0. The smallest absolute Gasteiger partial charge is 0.157 e. The number of halogens is 1. The minimum absolute atomic E-state index is 0.563. The lowest BCUT2D eigenvalue weighted by atomic mass is 9.97. The average molecular weight is 453 g/mol. The molecular weight excluding hydrogens is 432 g/mol. The van der Waals surface area contributed by atoms with Crippen molar-refractivity contribution in [2.45, 2.75) is 13.3 Å². The van der Waals surface area contributed by atoms with Crippen molar-refractivity contribution < 1.29 is 4.74 Å². The molecule has 0 unspecified atom stereocenters. The van der Waals surface area contributed by atoms with Gasteiger partial charge in [0.05, 0.1) is 23.7 Å². The van der Waals surface area contributed by atoms with Gasteiger partial charge in [-0.15, -0.1) is 0 Å². The number of methoxy groups -OCH3 is 1. The fraction of sp³-hybridized carbons (Fsp3) is 0.111. The van der Waals surface area contributed by atoms with Crippen molar-refractivity contribution in [2.75, 3.05) is 12.4 Å². The fourth-order valence-corrected chi connectivity index (χ4v) is 4.38. The number of ether oxygens (including phenoxy) is 1. The Hall–Kier alpha value is -4.01. The van der Waals surface area contributed by atoms with Crippen molar-refractivity contribution >= 4 is 39.8 Å². The number of imidazole rings is 1. The Morgan fingerprint density at radius 1 is 1.03 bits per heavy atom. The molecule has 5 rings (SSSR count). The molecule has 0 saturated heterocycles. The third kappa shape index (κ3) is 3.65. The number of nitrogens with zero attached hydrogens (tertiary/aromatic N) is 3. The Balaban J connectivity index is 1.81. The lowest BCUT2D eigenvalue weighted by Gasteiger charge is -2.19. The maximum Gasteiger partial charge on any atom is 0.157 e. The summed E-state index contributed by atoms with van der Waals surface area (Å²) in [5, 5.41) is 14.3. The summed E-state index contributed by atoms with van der Waals surface area (Å²) in [7, 11) is 1.65. The highest BCUT2D eigenvalue weighted by Gasteiger charge is 2.21. The van der Waals surface area contributed by atoms with Crippen LogP contribution in [0, 0.1) is 18.3 Å². The normalized spacial score (nSPS) is 11.0. The second-order valence-electron chi connectivity index (χ2n) is 7.82. The van der Waals surface area contributed by atoms with Crippen molar-refractivity contribution in [3.05, 3.63) is 100 Å². The lowest BCUT2D eigenvalue weighted by molar-refractivity contribution is 0.415. The first-order valence-electron chi connectivity index (χ1n) is 10.6. The van der Waals surface area contributed by atoms with E-state index in [0.29, 0.717) is 22.7 Å². The Bertz CT molecular complexity index is 1530. The minimum Gasteiger partial charge on any atom is -0.497 e. The summed E-state index contributed by atoms with van der Waals surface area (Å²) >= 11 is 6.52. The zero-order chi connectivity index (χ0) is 22.9. The lowest BCUT2D eigenvalue weighted by Crippen LogP contribution is -2.09. The molecule has 0 bridgehead atoms. The molecule has 5 nitrogen and oxygen atoms in total. The summed E-state index contributed by atoms with van der Waals surface area (Å²) in [5.74, 6) is 1.64. The summed E-state index contributed by atoms with van der Waals surface area (Å²) in [4.78, 5) is 4.80. The van der Waals surface area contributed by atoms with Gasteiger partial charge in [0, 0.05) is 22.7 Å². The fourth-order valence-electron chi connectivity index (χ4n) is 4.18. The number of nitriles is 1. The van der Waals surface area contributed by atoms with Gasteiger partial charge in [-0.3, -0.25) is 4.40 Å². The quantitative estimate of drug-likeness (QED) is 0.323. The number of fused-ring (bicyclic) bond motifs is 3. The summed E-state index contributed by atoms with van der Waals surface area (Å²) in [6.07, 6.45) is 0.571. The van der Waals surface area contributed by atoms with Gasteiger partial charge in [-0.1, -0.05) is 41.9 Å². The minimum atomic E-state index is 0.563. The van der Waals surface area contributed by atoms with Gasteiger partial charge in [-0.05, 0) is 60.5 Å². The Morgan fingerprint density at radius 3 is 2.48 bits per heavy atom. The van der Waals surface area contributed by atoms with Crippen molar-refractivity contribution in [1.29, 1.82) is 5.26 Å². The highest BCUT2D eigenvalue weighted by Crippen LogP contribution is 2.35. The monoisotopic (exact) mass is 452 g/mol. The molecule has 1 N–H and O–H groups in total. The molecule has 0 atom stereocenters. The summed E-state index contributed by atoms with van der Waals surface area (Å²) in [5.41, 5.74) is 6.74. The van der Waals surface area contributed by atoms with Crippen LogP contribution in [0.3, 0.4) is 0 Å². The second-order valence-corrected chi connectivity index (χ2v) is 8.23. The van der Waals surface area contributed by atoms with Gasteiger partial charge in [0.1, 0.15) is 17.6 Å². The van der Waals surface area contributed by atoms with Crippen molar-refractivity contribution in [3.63, 3.8) is 0 Å². The Kier molecular flexibility index (Phi) is 5.37. The summed E-state index contributed by atoms with van der Waals surface area (Å²) in [6, 6.07) is 25.9. The topological polar surface area (TPSA) is 62.3 Å². The number of para-hydroxylation sites is 2. The van der Waals surface area contributed by atoms with E-state index in [2.05, 4.69) is 11.4 Å². The number of pyridine rings is 1. The van der Waals surface area contributed by atoms with Gasteiger partial charge in [0.25, 0.3) is 0 Å². The van der Waals surface area contributed by atoms with Crippen molar-refractivity contribution in [1.82, 2.24) is 9.38 Å². The van der Waals surface area contributed by atoms with Gasteiger partial charge in [-0.25, -0.2) is 4.98 Å². The van der Waals surface area contributed by atoms with E-state index >= 15 is 0 Å². The molecule has 2 aromatic heterocycles. The average Bonchev–Trinajstić information content (AvgIpc) is 3.22. The third-order valence-electron chi connectivity index (χ3n) is 5.91. The maximum absolute atomic E-state index is 10.1. The summed E-state index contributed by atoms with van der Waals surface area (Å²) < 4.78 is 7.35. The van der Waals surface area contributed by atoms with Gasteiger partial charge in [-0.2, -0.15) is 5.26 Å². The van der Waals surface area contributed by atoms with Gasteiger partial charge in [0.15, 0.2) is 5.65 Å². The van der Waals surface area contributed by atoms with Crippen LogP contribution in [0.2, 0.25) is 5.02 Å². The summed E-state index contributed by atoms with van der Waals surface area (Å²) in [6.45, 7) is 1.98. The van der Waals surface area contributed by atoms with Crippen LogP contribution in [0.15, 0.2) is 72.8 Å². The van der Waals surface area contributed by atoms with Crippen LogP contribution in [0.5, 0.6) is 5.75 Å². The Labute approximate surface area is 196 Å². The van der Waals surface area contributed by atoms with Crippen molar-refractivity contribution in [3.8, 4) is 11.8 Å². The highest BCUT2D eigenvalue weighted by molar-refractivity contribution is 6.31. The van der Waals surface area contributed by atoms with E-state index in [9.17, 15) is 5.26 Å². The number of aromatic nitrogens is 2. The molecule has 0 aliphatic rings. The standard InChI is InChI=1S/C27H21ClN4O/c1-17-21(15-18-7-3-4-8-23(18)28)26(30-19-11-13-20(33-2)14-12-19)32-25-10-6-5-9-24(25)31-27(32)22(17)16-29/h3-14,30H,15H2,1-2H3. The molecule has 0 saturated carbocycles. The van der Waals surface area contributed by atoms with E-state index < -0.39 is 0 Å². The number of hydrogen-bond acceptors (Lipinski definition) is 4. The van der Waals surface area contributed by atoms with E-state index in [-0.39, 0.29) is 0 Å². The predicted octanol–water partition coefficient (Wildman–Crippen LogP) is 6.66. The number of anilines is 2. The van der Waals surface area contributed by atoms with Crippen LogP contribution < -0.4 is 10.1 Å². The molecule has 0 aliphatic carbocycles. The van der Waals surface area contributed by atoms with E-state index in [1.54, 1.807) is 7.11 Å². The van der Waals surface area contributed by atoms with Crippen LogP contribution >= 0.6 is 11.6 Å². The van der Waals surface area contributed by atoms with Gasteiger partial charge in [0.2, 0.25) is 0 Å². The highest BCUT2D eigenvalue weighted by atomic mass is 35.5. The maximum atomic E-state index is 10.1. The van der Waals surface area contributed by atoms with Crippen molar-refractivity contribution in [2.24, 2.45) is 0 Å². The Morgan fingerprint density at radius 2 is 1.76 bits per heavy atom. The number of rotatable bonds is 5. The molecular formula is C27H21ClN4O. The molecule has 6 heteroatoms. The van der Waals surface area contributed by atoms with Crippen LogP contribution in [0.1, 0.15) is 22.3 Å². The van der Waals surface area contributed by atoms with Crippen LogP contribution in [0.4, 0.5) is 11.5 Å². The zero-order valence-corrected chi connectivity index (χ0v) is 19.0. The molecule has 2 heterocycles. The second kappa shape index (κ2) is 8.50. The predicted molar refractivity (Wildman–Crippen MR) is 133 cm³/mol. The number of nitrogens with one attached hydrogen (secondary N) is 1. The molecule has 0 spiro atoms. The van der Waals surface area contributed by atoms with Gasteiger partial charge >= 0.3 is 0 Å². The molecule has 0 amide bonds. The zero-order valence-electron chi connectivity index (χ0n) is 18.3. The molecule has 0 fully saturated rings. The van der Waals surface area contributed by atoms with Crippen LogP contribution in [0.25, 0.3) is 16.7 Å². The van der Waals surface area contributed by atoms with Crippen LogP contribution in [-0.4, -0.2) is 16.5 Å². The number of benzene rings is 3.